The number of amides is 1. The van der Waals surface area contributed by atoms with Gasteiger partial charge in [-0.15, -0.1) is 10.2 Å². The van der Waals surface area contributed by atoms with Crippen LogP contribution in [0.5, 0.6) is 0 Å². The van der Waals surface area contributed by atoms with Crippen LogP contribution in [0.1, 0.15) is 18.9 Å². The summed E-state index contributed by atoms with van der Waals surface area (Å²) in [6.45, 7) is 1.99. The van der Waals surface area contributed by atoms with Gasteiger partial charge in [0.1, 0.15) is 5.82 Å². The number of carbonyl (C=O) groups excluding carboxylic acids is 1. The van der Waals surface area contributed by atoms with Crippen molar-refractivity contribution >= 4 is 17.7 Å². The summed E-state index contributed by atoms with van der Waals surface area (Å²) >= 11 is 1.19. The maximum Gasteiger partial charge on any atom is 0.230 e. The molecule has 146 valence electrons. The molecular weight excluding hydrogens is 377 g/mol. The molecule has 2 aromatic carbocycles. The van der Waals surface area contributed by atoms with Crippen LogP contribution in [0, 0.1) is 5.82 Å². The van der Waals surface area contributed by atoms with Gasteiger partial charge in [0, 0.05) is 11.6 Å². The van der Waals surface area contributed by atoms with Crippen molar-refractivity contribution in [3.63, 3.8) is 0 Å². The molecule has 0 fully saturated rings. The van der Waals surface area contributed by atoms with E-state index in [0.717, 1.165) is 12.8 Å². The Morgan fingerprint density at radius 1 is 1.21 bits per heavy atom. The molecule has 0 aliphatic carbocycles. The van der Waals surface area contributed by atoms with Crippen molar-refractivity contribution in [3.8, 4) is 11.4 Å². The van der Waals surface area contributed by atoms with Crippen molar-refractivity contribution in [3.05, 3.63) is 66.0 Å². The molecular formula is C20H22FN5OS. The third-order valence-electron chi connectivity index (χ3n) is 4.20. The molecule has 1 amide bonds. The van der Waals surface area contributed by atoms with Crippen LogP contribution in [0.4, 0.5) is 4.39 Å². The van der Waals surface area contributed by atoms with E-state index in [0.29, 0.717) is 16.5 Å². The number of aromatic nitrogens is 3. The Labute approximate surface area is 167 Å². The smallest absolute Gasteiger partial charge is 0.230 e. The van der Waals surface area contributed by atoms with Crippen molar-refractivity contribution in [1.82, 2.24) is 20.2 Å². The zero-order valence-electron chi connectivity index (χ0n) is 15.5. The number of nitrogens with one attached hydrogen (secondary N) is 1. The van der Waals surface area contributed by atoms with E-state index in [2.05, 4.69) is 27.6 Å². The van der Waals surface area contributed by atoms with Gasteiger partial charge in [0.05, 0.1) is 5.75 Å². The van der Waals surface area contributed by atoms with Gasteiger partial charge in [-0.2, -0.15) is 0 Å². The van der Waals surface area contributed by atoms with Gasteiger partial charge in [-0.05, 0) is 37.5 Å². The minimum Gasteiger partial charge on any atom is -0.353 e. The van der Waals surface area contributed by atoms with Crippen LogP contribution in [0.2, 0.25) is 0 Å². The van der Waals surface area contributed by atoms with Gasteiger partial charge >= 0.3 is 0 Å². The molecule has 28 heavy (non-hydrogen) atoms. The fourth-order valence-electron chi connectivity index (χ4n) is 2.75. The van der Waals surface area contributed by atoms with E-state index in [1.807, 2.05) is 25.1 Å². The molecule has 0 unspecified atom stereocenters. The predicted octanol–water partition coefficient (Wildman–Crippen LogP) is 3.03. The fourth-order valence-corrected chi connectivity index (χ4v) is 3.41. The van der Waals surface area contributed by atoms with E-state index >= 15 is 0 Å². The Morgan fingerprint density at radius 2 is 2.00 bits per heavy atom. The first-order valence-corrected chi connectivity index (χ1v) is 9.94. The SMILES string of the molecule is C[C@@H](CCc1ccccc1)NC(=O)CSc1nnc(-c2cccc(F)c2)n1N. The van der Waals surface area contributed by atoms with Gasteiger partial charge < -0.3 is 11.2 Å². The van der Waals surface area contributed by atoms with Crippen LogP contribution in [0.15, 0.2) is 59.8 Å². The number of hydrogen-bond donors (Lipinski definition) is 2. The first-order valence-electron chi connectivity index (χ1n) is 8.95. The highest BCUT2D eigenvalue weighted by Crippen LogP contribution is 2.22. The summed E-state index contributed by atoms with van der Waals surface area (Å²) in [5, 5.41) is 11.4. The number of hydrogen-bond acceptors (Lipinski definition) is 5. The Morgan fingerprint density at radius 3 is 2.75 bits per heavy atom. The quantitative estimate of drug-likeness (QED) is 0.449. The molecule has 3 rings (SSSR count). The van der Waals surface area contributed by atoms with Gasteiger partial charge in [0.25, 0.3) is 0 Å². The average Bonchev–Trinajstić information content (AvgIpc) is 3.06. The highest BCUT2D eigenvalue weighted by Gasteiger charge is 2.15. The van der Waals surface area contributed by atoms with Crippen molar-refractivity contribution in [2.45, 2.75) is 31.0 Å². The summed E-state index contributed by atoms with van der Waals surface area (Å²) in [4.78, 5) is 12.2. The van der Waals surface area contributed by atoms with Gasteiger partial charge in [0.15, 0.2) is 5.82 Å². The first-order chi connectivity index (χ1) is 13.5. The lowest BCUT2D eigenvalue weighted by molar-refractivity contribution is -0.119. The number of rotatable bonds is 8. The molecule has 0 radical (unpaired) electrons. The number of aryl methyl sites for hydroxylation is 1. The van der Waals surface area contributed by atoms with Crippen molar-refractivity contribution in [2.24, 2.45) is 0 Å². The van der Waals surface area contributed by atoms with Gasteiger partial charge in [-0.1, -0.05) is 54.2 Å². The van der Waals surface area contributed by atoms with Crippen LogP contribution in [-0.4, -0.2) is 32.6 Å². The zero-order chi connectivity index (χ0) is 19.9. The fraction of sp³-hybridized carbons (Fsp3) is 0.250. The zero-order valence-corrected chi connectivity index (χ0v) is 16.3. The topological polar surface area (TPSA) is 85.8 Å². The number of thioether (sulfide) groups is 1. The second-order valence-electron chi connectivity index (χ2n) is 6.47. The van der Waals surface area contributed by atoms with Crippen molar-refractivity contribution in [1.29, 1.82) is 0 Å². The lowest BCUT2D eigenvalue weighted by Gasteiger charge is -2.13. The molecule has 0 spiro atoms. The number of halogens is 1. The molecule has 6 nitrogen and oxygen atoms in total. The van der Waals surface area contributed by atoms with Gasteiger partial charge in [0.2, 0.25) is 11.1 Å². The first kappa shape index (κ1) is 19.9. The summed E-state index contributed by atoms with van der Waals surface area (Å²) in [5.41, 5.74) is 1.78. The molecule has 0 aliphatic rings. The van der Waals surface area contributed by atoms with Crippen LogP contribution < -0.4 is 11.2 Å². The lowest BCUT2D eigenvalue weighted by atomic mass is 10.1. The molecule has 8 heteroatoms. The Kier molecular flexibility index (Phi) is 6.65. The number of nitrogens with zero attached hydrogens (tertiary/aromatic N) is 3. The summed E-state index contributed by atoms with van der Waals surface area (Å²) in [6.07, 6.45) is 1.76. The molecule has 1 aromatic heterocycles. The van der Waals surface area contributed by atoms with E-state index in [-0.39, 0.29) is 23.5 Å². The minimum atomic E-state index is -0.376. The van der Waals surface area contributed by atoms with Crippen molar-refractivity contribution < 1.29 is 9.18 Å². The maximum atomic E-state index is 13.4. The molecule has 0 bridgehead atoms. The Balaban J connectivity index is 1.49. The second kappa shape index (κ2) is 9.36. The summed E-state index contributed by atoms with van der Waals surface area (Å²) in [5.74, 6) is 6.05. The molecule has 0 saturated carbocycles. The van der Waals surface area contributed by atoms with E-state index in [1.165, 1.54) is 34.1 Å². The summed E-state index contributed by atoms with van der Waals surface area (Å²) in [7, 11) is 0. The minimum absolute atomic E-state index is 0.0620. The lowest BCUT2D eigenvalue weighted by Crippen LogP contribution is -2.34. The van der Waals surface area contributed by atoms with Crippen LogP contribution in [0.3, 0.4) is 0 Å². The van der Waals surface area contributed by atoms with Gasteiger partial charge in [-0.25, -0.2) is 9.07 Å². The monoisotopic (exact) mass is 399 g/mol. The molecule has 0 saturated heterocycles. The maximum absolute atomic E-state index is 13.4. The molecule has 3 aromatic rings. The molecule has 3 N–H and O–H groups in total. The van der Waals surface area contributed by atoms with Crippen LogP contribution in [0.25, 0.3) is 11.4 Å². The third-order valence-corrected chi connectivity index (χ3v) is 5.14. The number of nitrogens with two attached hydrogens (primary N) is 1. The highest BCUT2D eigenvalue weighted by molar-refractivity contribution is 7.99. The average molecular weight is 399 g/mol. The van der Waals surface area contributed by atoms with E-state index in [1.54, 1.807) is 12.1 Å². The summed E-state index contributed by atoms with van der Waals surface area (Å²) in [6, 6.07) is 16.2. The van der Waals surface area contributed by atoms with Crippen LogP contribution in [-0.2, 0) is 11.2 Å². The predicted molar refractivity (Wildman–Crippen MR) is 109 cm³/mol. The van der Waals surface area contributed by atoms with Crippen LogP contribution >= 0.6 is 11.8 Å². The molecule has 1 heterocycles. The van der Waals surface area contributed by atoms with E-state index in [9.17, 15) is 9.18 Å². The third kappa shape index (κ3) is 5.32. The number of nitrogen functional groups attached to an aromatic ring is 1. The normalized spacial score (nSPS) is 11.9. The largest absolute Gasteiger partial charge is 0.353 e. The second-order valence-corrected chi connectivity index (χ2v) is 7.41. The van der Waals surface area contributed by atoms with E-state index in [4.69, 9.17) is 5.84 Å². The summed E-state index contributed by atoms with van der Waals surface area (Å²) < 4.78 is 14.7. The highest BCUT2D eigenvalue weighted by atomic mass is 32.2. The van der Waals surface area contributed by atoms with Crippen molar-refractivity contribution in [2.75, 3.05) is 11.6 Å². The molecule has 0 aliphatic heterocycles. The standard InChI is InChI=1S/C20H22FN5OS/c1-14(10-11-15-6-3-2-4-7-15)23-18(27)13-28-20-25-24-19(26(20)22)16-8-5-9-17(21)12-16/h2-9,12,14H,10-11,13,22H2,1H3,(H,23,27)/t14-/m0/s1. The Bertz CT molecular complexity index is 931. The van der Waals surface area contributed by atoms with Gasteiger partial charge in [-0.3, -0.25) is 4.79 Å². The molecule has 1 atom stereocenters. The van der Waals surface area contributed by atoms with E-state index < -0.39 is 0 Å². The Hall–Kier alpha value is -2.87. The number of carbonyl (C=O) groups is 1. The number of benzene rings is 2.